The van der Waals surface area contributed by atoms with Crippen LogP contribution in [0.3, 0.4) is 0 Å². The van der Waals surface area contributed by atoms with Gasteiger partial charge in [0.1, 0.15) is 0 Å². The fraction of sp³-hybridized carbons (Fsp3) is 0.818. The lowest BCUT2D eigenvalue weighted by atomic mass is 9.89. The molecule has 2 bridgehead atoms. The molecule has 2 aliphatic rings. The van der Waals surface area contributed by atoms with E-state index in [4.69, 9.17) is 5.11 Å². The molecule has 0 spiro atoms. The van der Waals surface area contributed by atoms with Crippen molar-refractivity contribution in [2.24, 2.45) is 11.8 Å². The van der Waals surface area contributed by atoms with E-state index in [2.05, 4.69) is 0 Å². The van der Waals surface area contributed by atoms with Gasteiger partial charge in [0.25, 0.3) is 0 Å². The minimum Gasteiger partial charge on any atom is -0.481 e. The lowest BCUT2D eigenvalue weighted by Crippen LogP contribution is -2.40. The summed E-state index contributed by atoms with van der Waals surface area (Å²) in [4.78, 5) is 24.7. The Bertz CT molecular complexity index is 300. The second-order valence-corrected chi connectivity index (χ2v) is 4.88. The molecule has 2 aliphatic heterocycles. The van der Waals surface area contributed by atoms with E-state index in [-0.39, 0.29) is 29.8 Å². The van der Waals surface area contributed by atoms with E-state index >= 15 is 0 Å². The van der Waals surface area contributed by atoms with Gasteiger partial charge in [0.05, 0.1) is 5.92 Å². The van der Waals surface area contributed by atoms with Gasteiger partial charge in [-0.2, -0.15) is 0 Å². The van der Waals surface area contributed by atoms with E-state index in [1.165, 1.54) is 0 Å². The Morgan fingerprint density at radius 1 is 1.33 bits per heavy atom. The van der Waals surface area contributed by atoms with Gasteiger partial charge < -0.3 is 10.0 Å². The fourth-order valence-corrected chi connectivity index (χ4v) is 2.90. The van der Waals surface area contributed by atoms with Crippen molar-refractivity contribution in [1.29, 1.82) is 0 Å². The Hall–Kier alpha value is -1.06. The van der Waals surface area contributed by atoms with Gasteiger partial charge in [0.15, 0.2) is 0 Å². The summed E-state index contributed by atoms with van der Waals surface area (Å²) in [5.74, 6) is -0.984. The first-order valence-electron chi connectivity index (χ1n) is 5.57. The first-order chi connectivity index (χ1) is 7.02. The first-order valence-corrected chi connectivity index (χ1v) is 5.57. The number of nitrogens with zero attached hydrogens (tertiary/aromatic N) is 1. The number of aliphatic carboxylic acids is 1. The van der Waals surface area contributed by atoms with E-state index in [0.717, 1.165) is 12.8 Å². The van der Waals surface area contributed by atoms with Crippen LogP contribution < -0.4 is 0 Å². The smallest absolute Gasteiger partial charge is 0.308 e. The SMILES string of the molecule is CC(C)C(=O)N1C2CCC1C(C(=O)O)C2. The normalized spacial score (nSPS) is 33.8. The third-order valence-corrected chi connectivity index (χ3v) is 3.60. The van der Waals surface area contributed by atoms with Crippen molar-refractivity contribution >= 4 is 11.9 Å². The highest BCUT2D eigenvalue weighted by Gasteiger charge is 2.51. The van der Waals surface area contributed by atoms with E-state index in [1.54, 1.807) is 0 Å². The Kier molecular flexibility index (Phi) is 2.44. The molecule has 2 heterocycles. The molecule has 0 aromatic rings. The molecule has 84 valence electrons. The second kappa shape index (κ2) is 3.51. The van der Waals surface area contributed by atoms with Crippen LogP contribution in [0.5, 0.6) is 0 Å². The minimum atomic E-state index is -0.747. The molecule has 0 aromatic heterocycles. The van der Waals surface area contributed by atoms with Gasteiger partial charge in [-0.25, -0.2) is 0 Å². The van der Waals surface area contributed by atoms with Crippen LogP contribution in [-0.4, -0.2) is 34.0 Å². The molecule has 2 rings (SSSR count). The predicted octanol–water partition coefficient (Wildman–Crippen LogP) is 1.11. The third-order valence-electron chi connectivity index (χ3n) is 3.60. The molecule has 0 aromatic carbocycles. The summed E-state index contributed by atoms with van der Waals surface area (Å²) in [5.41, 5.74) is 0. The van der Waals surface area contributed by atoms with Gasteiger partial charge in [0, 0.05) is 18.0 Å². The van der Waals surface area contributed by atoms with Gasteiger partial charge in [0.2, 0.25) is 5.91 Å². The molecule has 0 radical (unpaired) electrons. The van der Waals surface area contributed by atoms with Crippen molar-refractivity contribution in [2.45, 2.75) is 45.2 Å². The van der Waals surface area contributed by atoms with Crippen molar-refractivity contribution < 1.29 is 14.7 Å². The van der Waals surface area contributed by atoms with Crippen molar-refractivity contribution in [3.05, 3.63) is 0 Å². The van der Waals surface area contributed by atoms with E-state index in [0.29, 0.717) is 6.42 Å². The van der Waals surface area contributed by atoms with Crippen molar-refractivity contribution in [1.82, 2.24) is 4.90 Å². The van der Waals surface area contributed by atoms with Crippen molar-refractivity contribution in [3.63, 3.8) is 0 Å². The number of carbonyl (C=O) groups excluding carboxylic acids is 1. The molecule has 4 heteroatoms. The van der Waals surface area contributed by atoms with Gasteiger partial charge in [-0.1, -0.05) is 13.8 Å². The highest BCUT2D eigenvalue weighted by atomic mass is 16.4. The summed E-state index contributed by atoms with van der Waals surface area (Å²) in [5, 5.41) is 9.04. The van der Waals surface area contributed by atoms with Crippen LogP contribution in [0, 0.1) is 11.8 Å². The fourth-order valence-electron chi connectivity index (χ4n) is 2.90. The summed E-state index contributed by atoms with van der Waals surface area (Å²) < 4.78 is 0. The summed E-state index contributed by atoms with van der Waals surface area (Å²) >= 11 is 0. The first kappa shape index (κ1) is 10.5. The summed E-state index contributed by atoms with van der Waals surface area (Å²) in [7, 11) is 0. The second-order valence-electron chi connectivity index (χ2n) is 4.88. The Labute approximate surface area is 89.3 Å². The van der Waals surface area contributed by atoms with E-state index < -0.39 is 5.97 Å². The van der Waals surface area contributed by atoms with Crippen LogP contribution >= 0.6 is 0 Å². The molecule has 2 saturated heterocycles. The molecule has 3 atom stereocenters. The zero-order valence-corrected chi connectivity index (χ0v) is 9.14. The molecular weight excluding hydrogens is 194 g/mol. The molecule has 1 amide bonds. The monoisotopic (exact) mass is 211 g/mol. The molecular formula is C11H17NO3. The number of carboxylic acid groups (broad SMARTS) is 1. The van der Waals surface area contributed by atoms with Crippen molar-refractivity contribution in [3.8, 4) is 0 Å². The molecule has 3 unspecified atom stereocenters. The van der Waals surface area contributed by atoms with Gasteiger partial charge in [-0.05, 0) is 19.3 Å². The lowest BCUT2D eigenvalue weighted by Gasteiger charge is -2.24. The molecule has 0 aliphatic carbocycles. The highest BCUT2D eigenvalue weighted by Crippen LogP contribution is 2.42. The van der Waals surface area contributed by atoms with Gasteiger partial charge in [-0.3, -0.25) is 9.59 Å². The number of hydrogen-bond acceptors (Lipinski definition) is 2. The summed E-state index contributed by atoms with van der Waals surface area (Å²) in [6.45, 7) is 3.74. The summed E-state index contributed by atoms with van der Waals surface area (Å²) in [6, 6.07) is 0.147. The number of hydrogen-bond donors (Lipinski definition) is 1. The van der Waals surface area contributed by atoms with Gasteiger partial charge >= 0.3 is 5.97 Å². The number of rotatable bonds is 2. The number of amides is 1. The Balaban J connectivity index is 2.16. The maximum atomic E-state index is 11.9. The zero-order valence-electron chi connectivity index (χ0n) is 9.14. The largest absolute Gasteiger partial charge is 0.481 e. The average molecular weight is 211 g/mol. The van der Waals surface area contributed by atoms with Crippen LogP contribution in [0.25, 0.3) is 0 Å². The molecule has 1 N–H and O–H groups in total. The van der Waals surface area contributed by atoms with Crippen LogP contribution in [0.2, 0.25) is 0 Å². The van der Waals surface area contributed by atoms with Crippen LogP contribution in [0.1, 0.15) is 33.1 Å². The lowest BCUT2D eigenvalue weighted by molar-refractivity contribution is -0.143. The Morgan fingerprint density at radius 3 is 2.47 bits per heavy atom. The number of fused-ring (bicyclic) bond motifs is 2. The van der Waals surface area contributed by atoms with E-state index in [9.17, 15) is 9.59 Å². The van der Waals surface area contributed by atoms with Crippen LogP contribution in [0.15, 0.2) is 0 Å². The number of carboxylic acids is 1. The topological polar surface area (TPSA) is 57.6 Å². The maximum Gasteiger partial charge on any atom is 0.308 e. The number of carbonyl (C=O) groups is 2. The molecule has 2 fully saturated rings. The third kappa shape index (κ3) is 1.52. The quantitative estimate of drug-likeness (QED) is 0.744. The minimum absolute atomic E-state index is 0.0272. The standard InChI is InChI=1S/C11H17NO3/c1-6(2)10(13)12-7-3-4-9(12)8(5-7)11(14)15/h6-9H,3-5H2,1-2H3,(H,14,15). The van der Waals surface area contributed by atoms with Crippen molar-refractivity contribution in [2.75, 3.05) is 0 Å². The molecule has 4 nitrogen and oxygen atoms in total. The molecule has 0 saturated carbocycles. The predicted molar refractivity (Wildman–Crippen MR) is 54.2 cm³/mol. The van der Waals surface area contributed by atoms with Crippen LogP contribution in [0.4, 0.5) is 0 Å². The van der Waals surface area contributed by atoms with Gasteiger partial charge in [-0.15, -0.1) is 0 Å². The van der Waals surface area contributed by atoms with E-state index in [1.807, 2.05) is 18.7 Å². The highest BCUT2D eigenvalue weighted by molar-refractivity contribution is 5.81. The maximum absolute atomic E-state index is 11.9. The summed E-state index contributed by atoms with van der Waals surface area (Å²) in [6.07, 6.45) is 2.49. The Morgan fingerprint density at radius 2 is 2.00 bits per heavy atom. The van der Waals surface area contributed by atoms with Crippen LogP contribution in [-0.2, 0) is 9.59 Å². The molecule has 15 heavy (non-hydrogen) atoms. The average Bonchev–Trinajstić information content (AvgIpc) is 2.72. The zero-order chi connectivity index (χ0) is 11.2.